The van der Waals surface area contributed by atoms with Crippen LogP contribution in [-0.2, 0) is 14.8 Å². The van der Waals surface area contributed by atoms with Crippen LogP contribution in [0.4, 0.5) is 0 Å². The van der Waals surface area contributed by atoms with E-state index in [-0.39, 0.29) is 14.9 Å². The fraction of sp³-hybridized carbons (Fsp3) is 0.625. The first-order valence-electron chi connectivity index (χ1n) is 8.38. The maximum absolute atomic E-state index is 12.8. The van der Waals surface area contributed by atoms with Gasteiger partial charge in [0.05, 0.1) is 36.2 Å². The SMILES string of the molecule is O=S(=O)(c1cccc(Cl)c1Cl)N1CC[NH+](C[C@@H]2CCCCO2)CC1. The number of sulfonamides is 1. The highest BCUT2D eigenvalue weighted by Gasteiger charge is 2.33. The zero-order chi connectivity index (χ0) is 17.2. The van der Waals surface area contributed by atoms with E-state index in [9.17, 15) is 8.42 Å². The van der Waals surface area contributed by atoms with E-state index in [1.807, 2.05) is 0 Å². The molecule has 0 aliphatic carbocycles. The molecule has 1 aromatic rings. The lowest BCUT2D eigenvalue weighted by Crippen LogP contribution is -3.15. The van der Waals surface area contributed by atoms with Gasteiger partial charge in [-0.05, 0) is 31.4 Å². The summed E-state index contributed by atoms with van der Waals surface area (Å²) in [6.45, 7) is 4.38. The van der Waals surface area contributed by atoms with Crippen LogP contribution in [0.3, 0.4) is 0 Å². The Morgan fingerprint density at radius 2 is 1.96 bits per heavy atom. The highest BCUT2D eigenvalue weighted by molar-refractivity contribution is 7.89. The molecular formula is C16H23Cl2N2O3S+. The van der Waals surface area contributed by atoms with Crippen molar-refractivity contribution in [2.45, 2.75) is 30.3 Å². The fourth-order valence-electron chi connectivity index (χ4n) is 3.36. The number of nitrogens with one attached hydrogen (secondary N) is 1. The molecule has 8 heteroatoms. The Bertz CT molecular complexity index is 670. The van der Waals surface area contributed by atoms with Gasteiger partial charge >= 0.3 is 0 Å². The number of hydrogen-bond acceptors (Lipinski definition) is 3. The molecule has 2 aliphatic heterocycles. The van der Waals surface area contributed by atoms with E-state index < -0.39 is 10.0 Å². The minimum atomic E-state index is -3.60. The van der Waals surface area contributed by atoms with Crippen LogP contribution in [0.15, 0.2) is 23.1 Å². The van der Waals surface area contributed by atoms with Gasteiger partial charge in [-0.1, -0.05) is 29.3 Å². The first kappa shape index (κ1) is 18.4. The van der Waals surface area contributed by atoms with Gasteiger partial charge in [-0.3, -0.25) is 0 Å². The van der Waals surface area contributed by atoms with Gasteiger partial charge in [0, 0.05) is 6.61 Å². The lowest BCUT2D eigenvalue weighted by atomic mass is 10.1. The molecule has 0 aromatic heterocycles. The lowest BCUT2D eigenvalue weighted by Gasteiger charge is -2.34. The van der Waals surface area contributed by atoms with Crippen molar-refractivity contribution in [2.75, 3.05) is 39.3 Å². The van der Waals surface area contributed by atoms with E-state index in [0.717, 1.165) is 39.1 Å². The first-order valence-corrected chi connectivity index (χ1v) is 10.6. The standard InChI is InChI=1S/C16H22Cl2N2O3S/c17-14-5-3-6-15(16(14)18)24(21,22)20-9-7-19(8-10-20)12-13-4-1-2-11-23-13/h3,5-6,13H,1-2,4,7-12H2/p+1/t13-/m0/s1. The number of ether oxygens (including phenoxy) is 1. The number of nitrogens with zero attached hydrogens (tertiary/aromatic N) is 1. The third kappa shape index (κ3) is 4.06. The van der Waals surface area contributed by atoms with Crippen LogP contribution in [0.2, 0.25) is 10.0 Å². The number of benzene rings is 1. The zero-order valence-electron chi connectivity index (χ0n) is 13.5. The van der Waals surface area contributed by atoms with Crippen molar-refractivity contribution in [1.29, 1.82) is 0 Å². The molecule has 2 saturated heterocycles. The number of halogens is 2. The quantitative estimate of drug-likeness (QED) is 0.841. The van der Waals surface area contributed by atoms with Crippen LogP contribution >= 0.6 is 23.2 Å². The summed E-state index contributed by atoms with van der Waals surface area (Å²) < 4.78 is 32.9. The van der Waals surface area contributed by atoms with Gasteiger partial charge in [0.2, 0.25) is 10.0 Å². The van der Waals surface area contributed by atoms with Gasteiger partial charge in [0.1, 0.15) is 17.5 Å². The highest BCUT2D eigenvalue weighted by Crippen LogP contribution is 2.30. The van der Waals surface area contributed by atoms with Gasteiger partial charge in [0.15, 0.2) is 0 Å². The smallest absolute Gasteiger partial charge is 0.245 e. The Balaban J connectivity index is 1.62. The zero-order valence-corrected chi connectivity index (χ0v) is 15.8. The van der Waals surface area contributed by atoms with Gasteiger partial charge in [-0.25, -0.2) is 8.42 Å². The molecule has 0 saturated carbocycles. The molecule has 2 fully saturated rings. The number of piperazine rings is 1. The molecule has 0 radical (unpaired) electrons. The number of rotatable bonds is 4. The molecule has 2 aliphatic rings. The second kappa shape index (κ2) is 7.89. The summed E-state index contributed by atoms with van der Waals surface area (Å²) in [5.41, 5.74) is 0. The van der Waals surface area contributed by atoms with Crippen molar-refractivity contribution in [3.8, 4) is 0 Å². The van der Waals surface area contributed by atoms with Gasteiger partial charge < -0.3 is 9.64 Å². The average Bonchev–Trinajstić information content (AvgIpc) is 2.58. The van der Waals surface area contributed by atoms with Crippen molar-refractivity contribution in [3.05, 3.63) is 28.2 Å². The Labute approximate surface area is 153 Å². The predicted molar refractivity (Wildman–Crippen MR) is 94.4 cm³/mol. The van der Waals surface area contributed by atoms with Gasteiger partial charge in [0.25, 0.3) is 0 Å². The van der Waals surface area contributed by atoms with Gasteiger partial charge in [-0.2, -0.15) is 4.31 Å². The molecule has 2 heterocycles. The summed E-state index contributed by atoms with van der Waals surface area (Å²) in [4.78, 5) is 1.50. The van der Waals surface area contributed by atoms with Crippen LogP contribution in [0.5, 0.6) is 0 Å². The third-order valence-electron chi connectivity index (χ3n) is 4.75. The first-order chi connectivity index (χ1) is 11.5. The molecule has 0 spiro atoms. The Hall–Kier alpha value is -0.370. The van der Waals surface area contributed by atoms with E-state index in [1.54, 1.807) is 12.1 Å². The second-order valence-electron chi connectivity index (χ2n) is 6.40. The Morgan fingerprint density at radius 3 is 2.62 bits per heavy atom. The predicted octanol–water partition coefficient (Wildman–Crippen LogP) is 1.45. The van der Waals surface area contributed by atoms with E-state index in [4.69, 9.17) is 27.9 Å². The average molecular weight is 394 g/mol. The van der Waals surface area contributed by atoms with Crippen molar-refractivity contribution in [3.63, 3.8) is 0 Å². The van der Waals surface area contributed by atoms with E-state index >= 15 is 0 Å². The molecule has 1 aromatic carbocycles. The lowest BCUT2D eigenvalue weighted by molar-refractivity contribution is -0.907. The minimum Gasteiger partial charge on any atom is -0.372 e. The Morgan fingerprint density at radius 1 is 1.21 bits per heavy atom. The molecule has 1 N–H and O–H groups in total. The van der Waals surface area contributed by atoms with E-state index in [0.29, 0.717) is 19.2 Å². The second-order valence-corrected chi connectivity index (χ2v) is 9.09. The molecular weight excluding hydrogens is 371 g/mol. The summed E-state index contributed by atoms with van der Waals surface area (Å²) in [5, 5.41) is 0.362. The molecule has 24 heavy (non-hydrogen) atoms. The maximum Gasteiger partial charge on any atom is 0.245 e. The summed E-state index contributed by atoms with van der Waals surface area (Å²) in [6, 6.07) is 4.72. The van der Waals surface area contributed by atoms with Crippen LogP contribution in [-0.4, -0.2) is 58.2 Å². The number of quaternary nitrogens is 1. The fourth-order valence-corrected chi connectivity index (χ4v) is 5.54. The molecule has 1 atom stereocenters. The highest BCUT2D eigenvalue weighted by atomic mass is 35.5. The monoisotopic (exact) mass is 393 g/mol. The van der Waals surface area contributed by atoms with Gasteiger partial charge in [-0.15, -0.1) is 0 Å². The summed E-state index contributed by atoms with van der Waals surface area (Å²) in [6.07, 6.45) is 3.81. The van der Waals surface area contributed by atoms with Crippen LogP contribution in [0.25, 0.3) is 0 Å². The summed E-state index contributed by atoms with van der Waals surface area (Å²) in [5.74, 6) is 0. The van der Waals surface area contributed by atoms with Crippen LogP contribution in [0, 0.1) is 0 Å². The molecule has 3 rings (SSSR count). The largest absolute Gasteiger partial charge is 0.372 e. The normalized spacial score (nSPS) is 24.2. The van der Waals surface area contributed by atoms with Crippen molar-refractivity contribution >= 4 is 33.2 Å². The van der Waals surface area contributed by atoms with Crippen LogP contribution in [0.1, 0.15) is 19.3 Å². The number of hydrogen-bond donors (Lipinski definition) is 1. The minimum absolute atomic E-state index is 0.0933. The molecule has 0 unspecified atom stereocenters. The van der Waals surface area contributed by atoms with Crippen molar-refractivity contribution in [1.82, 2.24) is 4.31 Å². The molecule has 0 amide bonds. The van der Waals surface area contributed by atoms with E-state index in [2.05, 4.69) is 0 Å². The summed E-state index contributed by atoms with van der Waals surface area (Å²) >= 11 is 12.1. The Kier molecular flexibility index (Phi) is 6.06. The maximum atomic E-state index is 12.8. The topological polar surface area (TPSA) is 51.0 Å². The van der Waals surface area contributed by atoms with Crippen molar-refractivity contribution in [2.24, 2.45) is 0 Å². The van der Waals surface area contributed by atoms with Crippen molar-refractivity contribution < 1.29 is 18.1 Å². The third-order valence-corrected chi connectivity index (χ3v) is 7.63. The van der Waals surface area contributed by atoms with Crippen LogP contribution < -0.4 is 4.90 Å². The molecule has 0 bridgehead atoms. The van der Waals surface area contributed by atoms with E-state index in [1.165, 1.54) is 21.7 Å². The molecule has 5 nitrogen and oxygen atoms in total. The summed E-state index contributed by atoms with van der Waals surface area (Å²) in [7, 11) is -3.60. The molecule has 134 valence electrons.